The van der Waals surface area contributed by atoms with Crippen molar-refractivity contribution in [1.29, 1.82) is 0 Å². The van der Waals surface area contributed by atoms with Gasteiger partial charge in [-0.25, -0.2) is 0 Å². The minimum absolute atomic E-state index is 0.223. The Balaban J connectivity index is 2.15. The van der Waals surface area contributed by atoms with Gasteiger partial charge in [0.2, 0.25) is 0 Å². The fourth-order valence-electron chi connectivity index (χ4n) is 3.89. The number of benzene rings is 2. The number of ether oxygens (including phenoxy) is 2. The van der Waals surface area contributed by atoms with Crippen LogP contribution in [0.4, 0.5) is 0 Å². The molecule has 1 N–H and O–H groups in total. The normalized spacial score (nSPS) is 22.3. The number of amides is 1. The molecular formula is C23H25Cl2NO5. The molecule has 0 saturated carbocycles. The molecule has 8 heteroatoms. The lowest BCUT2D eigenvalue weighted by Gasteiger charge is -2.47. The van der Waals surface area contributed by atoms with Crippen LogP contribution in [0.5, 0.6) is 0 Å². The second-order valence-corrected chi connectivity index (χ2v) is 8.24. The number of hydrogen-bond donors (Lipinski definition) is 1. The summed E-state index contributed by atoms with van der Waals surface area (Å²) < 4.78 is 11.0. The first-order valence-electron chi connectivity index (χ1n) is 10.1. The largest absolute Gasteiger partial charge is 0.469 e. The fourth-order valence-corrected chi connectivity index (χ4v) is 4.21. The second-order valence-electron chi connectivity index (χ2n) is 7.37. The van der Waals surface area contributed by atoms with Gasteiger partial charge in [-0.05, 0) is 41.8 Å². The molecule has 166 valence electrons. The van der Waals surface area contributed by atoms with E-state index in [4.69, 9.17) is 32.7 Å². The average Bonchev–Trinajstić information content (AvgIpc) is 2.77. The predicted molar refractivity (Wildman–Crippen MR) is 118 cm³/mol. The molecule has 0 aromatic heterocycles. The number of carbonyl (C=O) groups excluding carboxylic acids is 2. The Kier molecular flexibility index (Phi) is 7.94. The van der Waals surface area contributed by atoms with Crippen molar-refractivity contribution in [1.82, 2.24) is 4.90 Å². The maximum atomic E-state index is 13.5. The van der Waals surface area contributed by atoms with Gasteiger partial charge in [0.15, 0.2) is 0 Å². The van der Waals surface area contributed by atoms with Crippen LogP contribution in [0.2, 0.25) is 10.0 Å². The molecule has 1 fully saturated rings. The lowest BCUT2D eigenvalue weighted by atomic mass is 9.89. The third-order valence-electron chi connectivity index (χ3n) is 5.47. The summed E-state index contributed by atoms with van der Waals surface area (Å²) in [6, 6.07) is 13.3. The molecule has 2 aromatic rings. The van der Waals surface area contributed by atoms with Gasteiger partial charge in [0.25, 0.3) is 5.91 Å². The van der Waals surface area contributed by atoms with E-state index in [1.54, 1.807) is 35.2 Å². The highest BCUT2D eigenvalue weighted by atomic mass is 35.5. The Bertz CT molecular complexity index is 916. The Labute approximate surface area is 191 Å². The van der Waals surface area contributed by atoms with E-state index in [2.05, 4.69) is 0 Å². The number of morpholine rings is 1. The number of aliphatic hydroxyl groups is 1. The summed E-state index contributed by atoms with van der Waals surface area (Å²) in [7, 11) is 1.26. The fraction of sp³-hybridized carbons (Fsp3) is 0.391. The number of carbonyl (C=O) groups is 2. The summed E-state index contributed by atoms with van der Waals surface area (Å²) in [5.74, 6) is -0.922. The molecule has 1 aliphatic heterocycles. The van der Waals surface area contributed by atoms with Gasteiger partial charge >= 0.3 is 5.97 Å². The van der Waals surface area contributed by atoms with Crippen molar-refractivity contribution in [2.24, 2.45) is 0 Å². The van der Waals surface area contributed by atoms with Crippen molar-refractivity contribution in [3.8, 4) is 0 Å². The zero-order valence-electron chi connectivity index (χ0n) is 17.3. The molecule has 0 aliphatic carbocycles. The van der Waals surface area contributed by atoms with Crippen LogP contribution in [-0.4, -0.2) is 47.7 Å². The van der Waals surface area contributed by atoms with Crippen molar-refractivity contribution in [2.45, 2.75) is 44.1 Å². The molecule has 0 bridgehead atoms. The molecule has 0 radical (unpaired) electrons. The molecule has 2 aromatic carbocycles. The van der Waals surface area contributed by atoms with E-state index >= 15 is 0 Å². The van der Waals surface area contributed by atoms with E-state index in [1.807, 2.05) is 25.1 Å². The van der Waals surface area contributed by atoms with E-state index in [0.29, 0.717) is 16.5 Å². The molecule has 31 heavy (non-hydrogen) atoms. The number of hydrogen-bond acceptors (Lipinski definition) is 5. The van der Waals surface area contributed by atoms with Crippen LogP contribution in [0.15, 0.2) is 48.5 Å². The van der Waals surface area contributed by atoms with E-state index in [0.717, 1.165) is 11.1 Å². The second kappa shape index (κ2) is 10.5. The molecule has 3 rings (SSSR count). The van der Waals surface area contributed by atoms with E-state index in [9.17, 15) is 14.7 Å². The summed E-state index contributed by atoms with van der Waals surface area (Å²) in [5.41, 5.74) is 1.55. The van der Waals surface area contributed by atoms with Crippen molar-refractivity contribution < 1.29 is 24.2 Å². The van der Waals surface area contributed by atoms with E-state index in [1.165, 1.54) is 7.11 Å². The van der Waals surface area contributed by atoms with Crippen LogP contribution in [-0.2, 0) is 19.1 Å². The minimum atomic E-state index is -1.04. The van der Waals surface area contributed by atoms with Gasteiger partial charge in [0.1, 0.15) is 12.2 Å². The molecule has 4 atom stereocenters. The third-order valence-corrected chi connectivity index (χ3v) is 5.96. The van der Waals surface area contributed by atoms with Crippen molar-refractivity contribution in [2.75, 3.05) is 13.7 Å². The third kappa shape index (κ3) is 5.21. The zero-order valence-corrected chi connectivity index (χ0v) is 18.8. The zero-order chi connectivity index (χ0) is 22.5. The van der Waals surface area contributed by atoms with Crippen molar-refractivity contribution >= 4 is 35.1 Å². The number of nitrogens with zero attached hydrogens (tertiary/aromatic N) is 1. The Morgan fingerprint density at radius 3 is 2.45 bits per heavy atom. The van der Waals surface area contributed by atoms with Crippen LogP contribution in [0.1, 0.15) is 43.0 Å². The highest BCUT2D eigenvalue weighted by molar-refractivity contribution is 6.30. The van der Waals surface area contributed by atoms with Crippen molar-refractivity contribution in [3.63, 3.8) is 0 Å². The van der Waals surface area contributed by atoms with Crippen molar-refractivity contribution in [3.05, 3.63) is 69.7 Å². The standard InChI is InChI=1S/C23H25Cl2NO5/c1-3-18(13-27)26-21(14-7-9-16(24)10-8-14)22(15-5-4-6-17(25)11-15)31-19(23(26)29)12-20(28)30-2/h4-11,18-19,21-22,27H,3,12-13H2,1-2H3/t18?,19-,21?,22?/m1/s1. The van der Waals surface area contributed by atoms with E-state index < -0.39 is 30.3 Å². The number of methoxy groups -OCH3 is 1. The maximum absolute atomic E-state index is 13.5. The quantitative estimate of drug-likeness (QED) is 0.615. The summed E-state index contributed by atoms with van der Waals surface area (Å²) >= 11 is 12.3. The minimum Gasteiger partial charge on any atom is -0.469 e. The summed E-state index contributed by atoms with van der Waals surface area (Å²) in [6.45, 7) is 1.67. The number of halogens is 2. The first kappa shape index (κ1) is 23.5. The van der Waals surface area contributed by atoms with Gasteiger partial charge in [-0.3, -0.25) is 9.59 Å². The maximum Gasteiger partial charge on any atom is 0.308 e. The van der Waals surface area contributed by atoms with Gasteiger partial charge in [-0.1, -0.05) is 54.4 Å². The van der Waals surface area contributed by atoms with Gasteiger partial charge < -0.3 is 19.5 Å². The predicted octanol–water partition coefficient (Wildman–Crippen LogP) is 4.34. The summed E-state index contributed by atoms with van der Waals surface area (Å²) in [4.78, 5) is 27.1. The highest BCUT2D eigenvalue weighted by Crippen LogP contribution is 2.44. The van der Waals surface area contributed by atoms with E-state index in [-0.39, 0.29) is 18.9 Å². The molecule has 6 nitrogen and oxygen atoms in total. The molecule has 1 heterocycles. The molecule has 3 unspecified atom stereocenters. The molecule has 1 amide bonds. The lowest BCUT2D eigenvalue weighted by Crippen LogP contribution is -2.56. The van der Waals surface area contributed by atoms with Gasteiger partial charge in [-0.15, -0.1) is 0 Å². The summed E-state index contributed by atoms with van der Waals surface area (Å²) in [5, 5.41) is 11.1. The first-order chi connectivity index (χ1) is 14.9. The average molecular weight is 466 g/mol. The highest BCUT2D eigenvalue weighted by Gasteiger charge is 2.47. The number of rotatable bonds is 7. The van der Waals surface area contributed by atoms with Gasteiger partial charge in [0.05, 0.1) is 32.2 Å². The molecular weight excluding hydrogens is 441 g/mol. The number of aliphatic hydroxyl groups excluding tert-OH is 1. The van der Waals surface area contributed by atoms with Crippen LogP contribution >= 0.6 is 23.2 Å². The molecule has 1 saturated heterocycles. The van der Waals surface area contributed by atoms with Gasteiger partial charge in [0, 0.05) is 10.0 Å². The van der Waals surface area contributed by atoms with Crippen LogP contribution in [0.25, 0.3) is 0 Å². The number of esters is 1. The Morgan fingerprint density at radius 1 is 1.16 bits per heavy atom. The van der Waals surface area contributed by atoms with Gasteiger partial charge in [-0.2, -0.15) is 0 Å². The molecule has 0 spiro atoms. The first-order valence-corrected chi connectivity index (χ1v) is 10.8. The Morgan fingerprint density at radius 2 is 1.87 bits per heavy atom. The van der Waals surface area contributed by atoms with Crippen LogP contribution < -0.4 is 0 Å². The monoisotopic (exact) mass is 465 g/mol. The summed E-state index contributed by atoms with van der Waals surface area (Å²) in [6.07, 6.45) is -1.36. The molecule has 1 aliphatic rings. The Hall–Kier alpha value is -2.12. The smallest absolute Gasteiger partial charge is 0.308 e. The van der Waals surface area contributed by atoms with Crippen LogP contribution in [0, 0.1) is 0 Å². The lowest BCUT2D eigenvalue weighted by molar-refractivity contribution is -0.185. The van der Waals surface area contributed by atoms with Crippen LogP contribution in [0.3, 0.4) is 0 Å². The topological polar surface area (TPSA) is 76.1 Å². The SMILES string of the molecule is CCC(CO)N1C(=O)[C@@H](CC(=O)OC)OC(c2cccc(Cl)c2)C1c1ccc(Cl)cc1.